The molecule has 0 saturated carbocycles. The summed E-state index contributed by atoms with van der Waals surface area (Å²) >= 11 is 1.32. The van der Waals surface area contributed by atoms with E-state index < -0.39 is 5.82 Å². The summed E-state index contributed by atoms with van der Waals surface area (Å²) in [7, 11) is 1.61. The molecule has 4 nitrogen and oxygen atoms in total. The average Bonchev–Trinajstić information content (AvgIpc) is 3.06. The van der Waals surface area contributed by atoms with Crippen LogP contribution in [0.3, 0.4) is 0 Å². The zero-order chi connectivity index (χ0) is 17.1. The maximum absolute atomic E-state index is 13.6. The molecule has 122 valence electrons. The zero-order valence-corrected chi connectivity index (χ0v) is 14.0. The lowest BCUT2D eigenvalue weighted by Crippen LogP contribution is -2.12. The summed E-state index contributed by atoms with van der Waals surface area (Å²) in [5, 5.41) is 5.01. The SMILES string of the molecule is COc1ccc(-c2csc(NC(=O)c3ccc(C)c(F)c3)n2)cc1. The van der Waals surface area contributed by atoms with Crippen molar-refractivity contribution in [3.8, 4) is 17.0 Å². The van der Waals surface area contributed by atoms with E-state index >= 15 is 0 Å². The smallest absolute Gasteiger partial charge is 0.257 e. The maximum atomic E-state index is 13.6. The van der Waals surface area contributed by atoms with Crippen LogP contribution in [-0.4, -0.2) is 18.0 Å². The number of carbonyl (C=O) groups is 1. The second kappa shape index (κ2) is 6.80. The fourth-order valence-corrected chi connectivity index (χ4v) is 2.84. The topological polar surface area (TPSA) is 51.2 Å². The van der Waals surface area contributed by atoms with Gasteiger partial charge in [-0.15, -0.1) is 11.3 Å². The average molecular weight is 342 g/mol. The Hall–Kier alpha value is -2.73. The number of halogens is 1. The third kappa shape index (κ3) is 3.44. The van der Waals surface area contributed by atoms with Crippen molar-refractivity contribution in [1.29, 1.82) is 0 Å². The highest BCUT2D eigenvalue weighted by atomic mass is 32.1. The summed E-state index contributed by atoms with van der Waals surface area (Å²) < 4.78 is 18.7. The van der Waals surface area contributed by atoms with Gasteiger partial charge < -0.3 is 4.74 Å². The molecule has 0 bridgehead atoms. The second-order valence-corrected chi connectivity index (χ2v) is 6.04. The van der Waals surface area contributed by atoms with Crippen LogP contribution >= 0.6 is 11.3 Å². The molecule has 6 heteroatoms. The van der Waals surface area contributed by atoms with Crippen molar-refractivity contribution in [1.82, 2.24) is 4.98 Å². The molecule has 0 radical (unpaired) electrons. The van der Waals surface area contributed by atoms with E-state index in [4.69, 9.17) is 4.74 Å². The Labute approximate surface area is 142 Å². The van der Waals surface area contributed by atoms with E-state index in [1.165, 1.54) is 17.4 Å². The molecule has 1 heterocycles. The molecule has 1 N–H and O–H groups in total. The number of ether oxygens (including phenoxy) is 1. The standard InChI is InChI=1S/C18H15FN2O2S/c1-11-3-4-13(9-15(11)19)17(22)21-18-20-16(10-24-18)12-5-7-14(23-2)8-6-12/h3-10H,1-2H3,(H,20,21,22). The summed E-state index contributed by atoms with van der Waals surface area (Å²) in [5.41, 5.74) is 2.45. The van der Waals surface area contributed by atoms with Crippen LogP contribution in [0.2, 0.25) is 0 Å². The lowest BCUT2D eigenvalue weighted by Gasteiger charge is -2.03. The van der Waals surface area contributed by atoms with E-state index in [0.717, 1.165) is 17.0 Å². The Balaban J connectivity index is 1.75. The second-order valence-electron chi connectivity index (χ2n) is 5.18. The van der Waals surface area contributed by atoms with Crippen LogP contribution in [0.1, 0.15) is 15.9 Å². The number of methoxy groups -OCH3 is 1. The number of benzene rings is 2. The number of hydrogen-bond donors (Lipinski definition) is 1. The molecular weight excluding hydrogens is 327 g/mol. The predicted octanol–water partition coefficient (Wildman–Crippen LogP) is 4.52. The van der Waals surface area contributed by atoms with Crippen LogP contribution < -0.4 is 10.1 Å². The summed E-state index contributed by atoms with van der Waals surface area (Å²) in [4.78, 5) is 16.6. The minimum Gasteiger partial charge on any atom is -0.497 e. The monoisotopic (exact) mass is 342 g/mol. The van der Waals surface area contributed by atoms with Crippen LogP contribution in [0.4, 0.5) is 9.52 Å². The number of aromatic nitrogens is 1. The number of nitrogens with zero attached hydrogens (tertiary/aromatic N) is 1. The van der Waals surface area contributed by atoms with Crippen molar-refractivity contribution in [2.45, 2.75) is 6.92 Å². The quantitative estimate of drug-likeness (QED) is 0.758. The first-order chi connectivity index (χ1) is 11.6. The van der Waals surface area contributed by atoms with Gasteiger partial charge in [0.25, 0.3) is 5.91 Å². The molecule has 24 heavy (non-hydrogen) atoms. The third-order valence-corrected chi connectivity index (χ3v) is 4.30. The van der Waals surface area contributed by atoms with Gasteiger partial charge in [-0.2, -0.15) is 0 Å². The number of rotatable bonds is 4. The number of amides is 1. The van der Waals surface area contributed by atoms with Crippen molar-refractivity contribution in [2.24, 2.45) is 0 Å². The lowest BCUT2D eigenvalue weighted by molar-refractivity contribution is 0.102. The molecule has 0 spiro atoms. The van der Waals surface area contributed by atoms with E-state index in [-0.39, 0.29) is 11.5 Å². The Kier molecular flexibility index (Phi) is 4.57. The highest BCUT2D eigenvalue weighted by Crippen LogP contribution is 2.26. The van der Waals surface area contributed by atoms with Crippen LogP contribution in [0.5, 0.6) is 5.75 Å². The van der Waals surface area contributed by atoms with Gasteiger partial charge in [-0.1, -0.05) is 6.07 Å². The van der Waals surface area contributed by atoms with Gasteiger partial charge in [0.1, 0.15) is 11.6 Å². The molecule has 0 unspecified atom stereocenters. The van der Waals surface area contributed by atoms with E-state index in [0.29, 0.717) is 10.7 Å². The first kappa shape index (κ1) is 16.1. The number of thiazole rings is 1. The molecule has 0 aliphatic carbocycles. The van der Waals surface area contributed by atoms with E-state index in [2.05, 4.69) is 10.3 Å². The number of nitrogens with one attached hydrogen (secondary N) is 1. The van der Waals surface area contributed by atoms with Gasteiger partial charge in [0.15, 0.2) is 5.13 Å². The van der Waals surface area contributed by atoms with Crippen molar-refractivity contribution in [2.75, 3.05) is 12.4 Å². The Morgan fingerprint density at radius 3 is 2.62 bits per heavy atom. The van der Waals surface area contributed by atoms with Crippen molar-refractivity contribution >= 4 is 22.4 Å². The minimum atomic E-state index is -0.402. The van der Waals surface area contributed by atoms with Gasteiger partial charge in [-0.3, -0.25) is 10.1 Å². The van der Waals surface area contributed by atoms with Gasteiger partial charge in [0, 0.05) is 16.5 Å². The Bertz CT molecular complexity index is 875. The highest BCUT2D eigenvalue weighted by molar-refractivity contribution is 7.14. The number of hydrogen-bond acceptors (Lipinski definition) is 4. The molecule has 3 aromatic rings. The molecular formula is C18H15FN2O2S. The molecule has 1 aromatic heterocycles. The summed E-state index contributed by atoms with van der Waals surface area (Å²) in [6, 6.07) is 11.9. The molecule has 3 rings (SSSR count). The molecule has 0 aliphatic heterocycles. The molecule has 0 aliphatic rings. The van der Waals surface area contributed by atoms with Crippen molar-refractivity contribution in [3.05, 3.63) is 64.8 Å². The molecule has 0 fully saturated rings. The first-order valence-corrected chi connectivity index (χ1v) is 8.12. The van der Waals surface area contributed by atoms with Crippen molar-refractivity contribution in [3.63, 3.8) is 0 Å². The van der Waals surface area contributed by atoms with Crippen LogP contribution in [0.15, 0.2) is 47.8 Å². The fourth-order valence-electron chi connectivity index (χ4n) is 2.13. The third-order valence-electron chi connectivity index (χ3n) is 3.54. The number of aryl methyl sites for hydroxylation is 1. The van der Waals surface area contributed by atoms with Gasteiger partial charge >= 0.3 is 0 Å². The summed E-state index contributed by atoms with van der Waals surface area (Å²) in [6.07, 6.45) is 0. The minimum absolute atomic E-state index is 0.263. The van der Waals surface area contributed by atoms with Crippen molar-refractivity contribution < 1.29 is 13.9 Å². The largest absolute Gasteiger partial charge is 0.497 e. The summed E-state index contributed by atoms with van der Waals surface area (Å²) in [5.74, 6) is -0.0193. The first-order valence-electron chi connectivity index (χ1n) is 7.24. The number of anilines is 1. The Morgan fingerprint density at radius 2 is 1.96 bits per heavy atom. The van der Waals surface area contributed by atoms with Gasteiger partial charge in [-0.25, -0.2) is 9.37 Å². The van der Waals surface area contributed by atoms with Crippen LogP contribution in [0, 0.1) is 12.7 Å². The predicted molar refractivity (Wildman–Crippen MR) is 93.2 cm³/mol. The molecule has 1 amide bonds. The van der Waals surface area contributed by atoms with E-state index in [9.17, 15) is 9.18 Å². The molecule has 0 atom stereocenters. The Morgan fingerprint density at radius 1 is 1.21 bits per heavy atom. The molecule has 0 saturated heterocycles. The van der Waals surface area contributed by atoms with Crippen LogP contribution in [-0.2, 0) is 0 Å². The highest BCUT2D eigenvalue weighted by Gasteiger charge is 2.11. The fraction of sp³-hybridized carbons (Fsp3) is 0.111. The van der Waals surface area contributed by atoms with Gasteiger partial charge in [0.2, 0.25) is 0 Å². The summed E-state index contributed by atoms with van der Waals surface area (Å²) in [6.45, 7) is 1.65. The lowest BCUT2D eigenvalue weighted by atomic mass is 10.1. The van der Waals surface area contributed by atoms with Gasteiger partial charge in [0.05, 0.1) is 12.8 Å². The molecule has 2 aromatic carbocycles. The number of carbonyl (C=O) groups excluding carboxylic acids is 1. The normalized spacial score (nSPS) is 10.5. The van der Waals surface area contributed by atoms with E-state index in [1.54, 1.807) is 26.2 Å². The zero-order valence-electron chi connectivity index (χ0n) is 13.2. The van der Waals surface area contributed by atoms with Gasteiger partial charge in [-0.05, 0) is 48.9 Å². The maximum Gasteiger partial charge on any atom is 0.257 e. The van der Waals surface area contributed by atoms with E-state index in [1.807, 2.05) is 29.6 Å². The van der Waals surface area contributed by atoms with Crippen LogP contribution in [0.25, 0.3) is 11.3 Å².